The number of nitrogens with zero attached hydrogens (tertiary/aromatic N) is 6. The van der Waals surface area contributed by atoms with E-state index in [2.05, 4.69) is 15.4 Å². The Balaban J connectivity index is 1.63. The van der Waals surface area contributed by atoms with Gasteiger partial charge in [-0.15, -0.1) is 10.2 Å². The van der Waals surface area contributed by atoms with E-state index in [9.17, 15) is 14.4 Å². The molecule has 0 bridgehead atoms. The number of halogens is 1. The van der Waals surface area contributed by atoms with Crippen molar-refractivity contribution in [3.8, 4) is 22.6 Å². The van der Waals surface area contributed by atoms with Crippen molar-refractivity contribution in [3.63, 3.8) is 0 Å². The molecule has 4 rings (SSSR count). The number of amides is 1. The van der Waals surface area contributed by atoms with Gasteiger partial charge in [0.05, 0.1) is 25.9 Å². The number of hydrogen-bond donors (Lipinski definition) is 1. The van der Waals surface area contributed by atoms with E-state index in [4.69, 9.17) is 9.84 Å². The predicted molar refractivity (Wildman–Crippen MR) is 93.3 cm³/mol. The van der Waals surface area contributed by atoms with Crippen LogP contribution in [0.4, 0.5) is 14.9 Å². The molecule has 1 fully saturated rings. The molecule has 0 radical (unpaired) electrons. The number of aromatic nitrogens is 5. The SMILES string of the molecule is Cn1nnc(-c2ccc(-c3ccc(N4C[C@H](CO)OC4=O)cc3F)c[n+]2[O-])n1. The summed E-state index contributed by atoms with van der Waals surface area (Å²) in [6.07, 6.45) is -0.0725. The van der Waals surface area contributed by atoms with Crippen molar-refractivity contribution in [2.45, 2.75) is 6.10 Å². The van der Waals surface area contributed by atoms with Gasteiger partial charge < -0.3 is 15.1 Å². The Morgan fingerprint density at radius 2 is 2.21 bits per heavy atom. The second-order valence-corrected chi connectivity index (χ2v) is 6.19. The van der Waals surface area contributed by atoms with Gasteiger partial charge in [0.2, 0.25) is 0 Å². The number of carbonyl (C=O) groups excluding carboxylic acids is 1. The molecular weight excluding hydrogens is 371 g/mol. The first-order valence-electron chi connectivity index (χ1n) is 8.33. The number of benzene rings is 1. The van der Waals surface area contributed by atoms with Gasteiger partial charge in [-0.3, -0.25) is 4.90 Å². The number of cyclic esters (lactones) is 1. The number of carbonyl (C=O) groups is 1. The molecule has 144 valence electrons. The lowest BCUT2D eigenvalue weighted by Gasteiger charge is -2.14. The van der Waals surface area contributed by atoms with Gasteiger partial charge in [0.25, 0.3) is 11.5 Å². The van der Waals surface area contributed by atoms with Gasteiger partial charge in [-0.05, 0) is 29.5 Å². The van der Waals surface area contributed by atoms with Gasteiger partial charge in [0.1, 0.15) is 11.9 Å². The smallest absolute Gasteiger partial charge is 0.414 e. The molecular formula is C17H15FN6O4. The second kappa shape index (κ2) is 6.85. The number of aliphatic hydroxyl groups excluding tert-OH is 1. The van der Waals surface area contributed by atoms with E-state index in [0.29, 0.717) is 16.0 Å². The Morgan fingerprint density at radius 1 is 1.39 bits per heavy atom. The van der Waals surface area contributed by atoms with Crippen molar-refractivity contribution < 1.29 is 23.8 Å². The maximum atomic E-state index is 14.7. The zero-order chi connectivity index (χ0) is 19.8. The van der Waals surface area contributed by atoms with E-state index in [0.717, 1.165) is 0 Å². The van der Waals surface area contributed by atoms with Crippen LogP contribution in [0.2, 0.25) is 0 Å². The second-order valence-electron chi connectivity index (χ2n) is 6.19. The number of anilines is 1. The fourth-order valence-corrected chi connectivity index (χ4v) is 2.93. The summed E-state index contributed by atoms with van der Waals surface area (Å²) in [5.74, 6) is -0.450. The van der Waals surface area contributed by atoms with E-state index in [1.54, 1.807) is 19.2 Å². The number of rotatable bonds is 4. The summed E-state index contributed by atoms with van der Waals surface area (Å²) in [7, 11) is 1.58. The molecule has 1 amide bonds. The molecule has 11 heteroatoms. The lowest BCUT2D eigenvalue weighted by atomic mass is 10.1. The van der Waals surface area contributed by atoms with Crippen LogP contribution in [-0.4, -0.2) is 50.7 Å². The molecule has 1 aliphatic rings. The predicted octanol–water partition coefficient (Wildman–Crippen LogP) is 0.634. The molecule has 3 aromatic rings. The Hall–Kier alpha value is -3.60. The topological polar surface area (TPSA) is 120 Å². The van der Waals surface area contributed by atoms with Crippen LogP contribution in [0.3, 0.4) is 0 Å². The molecule has 0 spiro atoms. The van der Waals surface area contributed by atoms with Crippen LogP contribution in [0.1, 0.15) is 0 Å². The van der Waals surface area contributed by atoms with Crippen LogP contribution in [-0.2, 0) is 11.8 Å². The monoisotopic (exact) mass is 386 g/mol. The third kappa shape index (κ3) is 3.11. The standard InChI is InChI=1S/C17H15FN6O4/c1-22-20-16(19-21-22)15-5-2-10(7-24(15)27)13-4-3-11(6-14(13)18)23-8-12(9-25)28-17(23)26/h2-7,12,25H,8-9H2,1H3/t12-/m1/s1. The molecule has 1 aromatic carbocycles. The van der Waals surface area contributed by atoms with Crippen molar-refractivity contribution in [2.24, 2.45) is 7.05 Å². The Kier molecular flexibility index (Phi) is 4.35. The summed E-state index contributed by atoms with van der Waals surface area (Å²) in [6.45, 7) is -0.173. The molecule has 2 aromatic heterocycles. The van der Waals surface area contributed by atoms with Crippen LogP contribution in [0.15, 0.2) is 36.5 Å². The lowest BCUT2D eigenvalue weighted by Crippen LogP contribution is -2.29. The van der Waals surface area contributed by atoms with Crippen LogP contribution in [0.5, 0.6) is 0 Å². The van der Waals surface area contributed by atoms with Crippen LogP contribution >= 0.6 is 0 Å². The van der Waals surface area contributed by atoms with E-state index in [1.807, 2.05) is 0 Å². The number of pyridine rings is 1. The van der Waals surface area contributed by atoms with Gasteiger partial charge >= 0.3 is 6.09 Å². The molecule has 28 heavy (non-hydrogen) atoms. The van der Waals surface area contributed by atoms with Crippen molar-refractivity contribution in [3.05, 3.63) is 47.6 Å². The molecule has 0 saturated carbocycles. The lowest BCUT2D eigenvalue weighted by molar-refractivity contribution is -0.593. The zero-order valence-corrected chi connectivity index (χ0v) is 14.7. The molecule has 1 atom stereocenters. The Labute approximate surface area is 158 Å². The first-order chi connectivity index (χ1) is 13.5. The average Bonchev–Trinajstić information content (AvgIpc) is 3.27. The molecule has 1 aliphatic heterocycles. The summed E-state index contributed by atoms with van der Waals surface area (Å²) in [5.41, 5.74) is 1.03. The minimum atomic E-state index is -0.649. The first kappa shape index (κ1) is 17.8. The quantitative estimate of drug-likeness (QED) is 0.516. The normalized spacial score (nSPS) is 16.5. The molecule has 3 heterocycles. The largest absolute Gasteiger partial charge is 0.618 e. The molecule has 1 N–H and O–H groups in total. The Morgan fingerprint density at radius 3 is 2.82 bits per heavy atom. The van der Waals surface area contributed by atoms with E-state index in [-0.39, 0.29) is 30.2 Å². The van der Waals surface area contributed by atoms with Crippen LogP contribution < -0.4 is 9.63 Å². The minimum absolute atomic E-state index is 0.133. The number of tetrazole rings is 1. The highest BCUT2D eigenvalue weighted by molar-refractivity contribution is 5.90. The highest BCUT2D eigenvalue weighted by Gasteiger charge is 2.32. The van der Waals surface area contributed by atoms with Gasteiger partial charge in [-0.1, -0.05) is 0 Å². The maximum absolute atomic E-state index is 14.7. The number of hydrogen-bond acceptors (Lipinski definition) is 7. The summed E-state index contributed by atoms with van der Waals surface area (Å²) in [6, 6.07) is 7.26. The number of aryl methyl sites for hydroxylation is 1. The van der Waals surface area contributed by atoms with E-state index >= 15 is 0 Å². The van der Waals surface area contributed by atoms with Crippen LogP contribution in [0.25, 0.3) is 22.6 Å². The van der Waals surface area contributed by atoms with Gasteiger partial charge in [0.15, 0.2) is 6.20 Å². The summed E-state index contributed by atoms with van der Waals surface area (Å²) >= 11 is 0. The highest BCUT2D eigenvalue weighted by atomic mass is 19.1. The van der Waals surface area contributed by atoms with Crippen molar-refractivity contribution >= 4 is 11.8 Å². The number of aliphatic hydroxyl groups is 1. The number of ether oxygens (including phenoxy) is 1. The fraction of sp³-hybridized carbons (Fsp3) is 0.235. The molecule has 0 aliphatic carbocycles. The third-order valence-electron chi connectivity index (χ3n) is 4.31. The summed E-state index contributed by atoms with van der Waals surface area (Å²) in [5, 5.41) is 32.8. The van der Waals surface area contributed by atoms with Crippen molar-refractivity contribution in [1.82, 2.24) is 20.2 Å². The third-order valence-corrected chi connectivity index (χ3v) is 4.31. The van der Waals surface area contributed by atoms with Crippen molar-refractivity contribution in [1.29, 1.82) is 0 Å². The van der Waals surface area contributed by atoms with Crippen LogP contribution in [0, 0.1) is 11.0 Å². The van der Waals surface area contributed by atoms with Gasteiger partial charge in [-0.25, -0.2) is 9.18 Å². The molecule has 0 unspecified atom stereocenters. The molecule has 1 saturated heterocycles. The summed E-state index contributed by atoms with van der Waals surface area (Å²) in [4.78, 5) is 14.3. The van der Waals surface area contributed by atoms with Gasteiger partial charge in [0, 0.05) is 17.2 Å². The Bertz CT molecular complexity index is 1060. The van der Waals surface area contributed by atoms with E-state index in [1.165, 1.54) is 34.1 Å². The molecule has 10 nitrogen and oxygen atoms in total. The minimum Gasteiger partial charge on any atom is -0.618 e. The average molecular weight is 386 g/mol. The summed E-state index contributed by atoms with van der Waals surface area (Å²) < 4.78 is 20.2. The maximum Gasteiger partial charge on any atom is 0.414 e. The zero-order valence-electron chi connectivity index (χ0n) is 14.7. The van der Waals surface area contributed by atoms with Crippen molar-refractivity contribution in [2.75, 3.05) is 18.1 Å². The highest BCUT2D eigenvalue weighted by Crippen LogP contribution is 2.29. The van der Waals surface area contributed by atoms with Gasteiger partial charge in [-0.2, -0.15) is 9.53 Å². The first-order valence-corrected chi connectivity index (χ1v) is 8.33. The fourth-order valence-electron chi connectivity index (χ4n) is 2.93. The van der Waals surface area contributed by atoms with E-state index < -0.39 is 18.0 Å².